The van der Waals surface area contributed by atoms with E-state index in [0.29, 0.717) is 31.7 Å². The van der Waals surface area contributed by atoms with Gasteiger partial charge in [-0.05, 0) is 23.8 Å². The van der Waals surface area contributed by atoms with E-state index in [1.807, 2.05) is 0 Å². The summed E-state index contributed by atoms with van der Waals surface area (Å²) in [6, 6.07) is 4.90. The fraction of sp³-hybridized carbons (Fsp3) is 0.429. The van der Waals surface area contributed by atoms with Gasteiger partial charge >= 0.3 is 0 Å². The Hall–Kier alpha value is -1.92. The molecule has 0 bridgehead atoms. The van der Waals surface area contributed by atoms with Crippen molar-refractivity contribution in [1.29, 1.82) is 0 Å². The molecular formula is C14H16N2O4. The maximum absolute atomic E-state index is 12.5. The molecule has 2 amide bonds. The van der Waals surface area contributed by atoms with Crippen molar-refractivity contribution in [1.82, 2.24) is 4.90 Å². The van der Waals surface area contributed by atoms with Crippen molar-refractivity contribution < 1.29 is 19.4 Å². The number of carbonyl (C=O) groups is 2. The van der Waals surface area contributed by atoms with Crippen molar-refractivity contribution in [2.75, 3.05) is 31.7 Å². The van der Waals surface area contributed by atoms with Crippen LogP contribution in [0.15, 0.2) is 18.2 Å². The molecule has 20 heavy (non-hydrogen) atoms. The van der Waals surface area contributed by atoms with Crippen LogP contribution in [0.5, 0.6) is 0 Å². The van der Waals surface area contributed by atoms with Crippen molar-refractivity contribution in [2.24, 2.45) is 0 Å². The molecular weight excluding hydrogens is 260 g/mol. The lowest BCUT2D eigenvalue weighted by molar-refractivity contribution is -0.115. The molecule has 2 heterocycles. The number of hydrogen-bond acceptors (Lipinski definition) is 4. The maximum Gasteiger partial charge on any atom is 0.254 e. The molecule has 0 spiro atoms. The van der Waals surface area contributed by atoms with Crippen molar-refractivity contribution in [3.8, 4) is 0 Å². The largest absolute Gasteiger partial charge is 0.394 e. The number of aliphatic hydroxyl groups excluding tert-OH is 1. The van der Waals surface area contributed by atoms with Crippen LogP contribution in [-0.4, -0.2) is 54.2 Å². The summed E-state index contributed by atoms with van der Waals surface area (Å²) in [4.78, 5) is 25.5. The topological polar surface area (TPSA) is 78.9 Å². The zero-order chi connectivity index (χ0) is 14.1. The Labute approximate surface area is 116 Å². The average Bonchev–Trinajstić information content (AvgIpc) is 2.85. The first-order valence-corrected chi connectivity index (χ1v) is 6.61. The number of nitrogens with zero attached hydrogens (tertiary/aromatic N) is 1. The highest BCUT2D eigenvalue weighted by Crippen LogP contribution is 2.25. The fourth-order valence-corrected chi connectivity index (χ4v) is 2.60. The minimum absolute atomic E-state index is 0.0517. The highest BCUT2D eigenvalue weighted by atomic mass is 16.5. The lowest BCUT2D eigenvalue weighted by Gasteiger charge is -2.34. The molecule has 6 nitrogen and oxygen atoms in total. The number of ether oxygens (including phenoxy) is 1. The van der Waals surface area contributed by atoms with Gasteiger partial charge in [0.05, 0.1) is 32.3 Å². The number of carbonyl (C=O) groups excluding carboxylic acids is 2. The zero-order valence-electron chi connectivity index (χ0n) is 11.0. The van der Waals surface area contributed by atoms with E-state index in [1.54, 1.807) is 23.1 Å². The van der Waals surface area contributed by atoms with Crippen molar-refractivity contribution >= 4 is 17.5 Å². The summed E-state index contributed by atoms with van der Waals surface area (Å²) in [6.45, 7) is 1.19. The van der Waals surface area contributed by atoms with Gasteiger partial charge in [-0.2, -0.15) is 0 Å². The number of nitrogens with one attached hydrogen (secondary N) is 1. The second-order valence-corrected chi connectivity index (χ2v) is 5.01. The number of amides is 2. The molecule has 2 aliphatic rings. The number of fused-ring (bicyclic) bond motifs is 1. The molecule has 1 unspecified atom stereocenters. The molecule has 0 radical (unpaired) electrons. The predicted octanol–water partition coefficient (Wildman–Crippen LogP) is 0.0145. The number of benzene rings is 1. The third-order valence-corrected chi connectivity index (χ3v) is 3.68. The molecule has 1 saturated heterocycles. The van der Waals surface area contributed by atoms with Crippen LogP contribution in [-0.2, 0) is 16.0 Å². The Kier molecular flexibility index (Phi) is 3.42. The van der Waals surface area contributed by atoms with Gasteiger partial charge in [0, 0.05) is 17.8 Å². The third kappa shape index (κ3) is 2.28. The van der Waals surface area contributed by atoms with E-state index < -0.39 is 0 Å². The van der Waals surface area contributed by atoms with Crippen LogP contribution < -0.4 is 5.32 Å². The van der Waals surface area contributed by atoms with E-state index in [1.165, 1.54) is 0 Å². The Morgan fingerprint density at radius 1 is 1.50 bits per heavy atom. The van der Waals surface area contributed by atoms with E-state index in [2.05, 4.69) is 5.32 Å². The Morgan fingerprint density at radius 3 is 3.15 bits per heavy atom. The highest BCUT2D eigenvalue weighted by Gasteiger charge is 2.28. The van der Waals surface area contributed by atoms with Crippen LogP contribution in [0.3, 0.4) is 0 Å². The molecule has 106 valence electrons. The van der Waals surface area contributed by atoms with Crippen LogP contribution in [0.1, 0.15) is 15.9 Å². The molecule has 1 aromatic carbocycles. The summed E-state index contributed by atoms with van der Waals surface area (Å²) in [7, 11) is 0. The summed E-state index contributed by atoms with van der Waals surface area (Å²) in [6.07, 6.45) is 0.309. The van der Waals surface area contributed by atoms with Crippen molar-refractivity contribution in [3.63, 3.8) is 0 Å². The van der Waals surface area contributed by atoms with E-state index in [0.717, 1.165) is 11.3 Å². The minimum atomic E-state index is -0.302. The number of rotatable bonds is 2. The normalized spacial score (nSPS) is 21.6. The standard InChI is InChI=1S/C14H16N2O4/c17-7-11-8-20-4-3-16(11)14(19)9-1-2-12-10(5-9)6-13(18)15-12/h1-2,5,11,17H,3-4,6-8H2,(H,15,18). The van der Waals surface area contributed by atoms with Gasteiger partial charge in [-0.1, -0.05) is 0 Å². The molecule has 2 N–H and O–H groups in total. The molecule has 1 atom stereocenters. The van der Waals surface area contributed by atoms with Crippen LogP contribution in [0, 0.1) is 0 Å². The van der Waals surface area contributed by atoms with E-state index >= 15 is 0 Å². The van der Waals surface area contributed by atoms with Crippen molar-refractivity contribution in [2.45, 2.75) is 12.5 Å². The lowest BCUT2D eigenvalue weighted by Crippen LogP contribution is -2.50. The van der Waals surface area contributed by atoms with Gasteiger partial charge in [0.2, 0.25) is 5.91 Å². The molecule has 6 heteroatoms. The third-order valence-electron chi connectivity index (χ3n) is 3.68. The predicted molar refractivity (Wildman–Crippen MR) is 71.5 cm³/mol. The molecule has 0 aliphatic carbocycles. The van der Waals surface area contributed by atoms with Crippen LogP contribution in [0.25, 0.3) is 0 Å². The van der Waals surface area contributed by atoms with Gasteiger partial charge in [-0.15, -0.1) is 0 Å². The van der Waals surface area contributed by atoms with Gasteiger partial charge in [-0.25, -0.2) is 0 Å². The lowest BCUT2D eigenvalue weighted by atomic mass is 10.1. The first kappa shape index (κ1) is 13.1. The van der Waals surface area contributed by atoms with Gasteiger partial charge in [-0.3, -0.25) is 9.59 Å². The second-order valence-electron chi connectivity index (χ2n) is 5.01. The van der Waals surface area contributed by atoms with E-state index in [4.69, 9.17) is 4.74 Å². The Balaban J connectivity index is 1.83. The number of aliphatic hydroxyl groups is 1. The summed E-state index contributed by atoms with van der Waals surface area (Å²) in [5, 5.41) is 12.1. The molecule has 0 aromatic heterocycles. The van der Waals surface area contributed by atoms with Crippen LogP contribution in [0.4, 0.5) is 5.69 Å². The number of anilines is 1. The monoisotopic (exact) mass is 276 g/mol. The highest BCUT2D eigenvalue weighted by molar-refractivity contribution is 6.01. The van der Waals surface area contributed by atoms with Crippen LogP contribution in [0.2, 0.25) is 0 Å². The van der Waals surface area contributed by atoms with Gasteiger partial charge < -0.3 is 20.1 Å². The van der Waals surface area contributed by atoms with Crippen molar-refractivity contribution in [3.05, 3.63) is 29.3 Å². The summed E-state index contributed by atoms with van der Waals surface area (Å²) < 4.78 is 5.27. The second kappa shape index (κ2) is 5.22. The SMILES string of the molecule is O=C1Cc2cc(C(=O)N3CCOCC3CO)ccc2N1. The summed E-state index contributed by atoms with van der Waals surface area (Å²) >= 11 is 0. The molecule has 0 saturated carbocycles. The molecule has 1 aromatic rings. The Morgan fingerprint density at radius 2 is 2.35 bits per heavy atom. The quantitative estimate of drug-likeness (QED) is 0.798. The fourth-order valence-electron chi connectivity index (χ4n) is 2.60. The average molecular weight is 276 g/mol. The maximum atomic E-state index is 12.5. The van der Waals surface area contributed by atoms with Gasteiger partial charge in [0.15, 0.2) is 0 Å². The summed E-state index contributed by atoms with van der Waals surface area (Å²) in [5.74, 6) is -0.182. The molecule has 2 aliphatic heterocycles. The summed E-state index contributed by atoms with van der Waals surface area (Å²) in [5.41, 5.74) is 2.16. The molecule has 1 fully saturated rings. The minimum Gasteiger partial charge on any atom is -0.394 e. The number of morpholine rings is 1. The van der Waals surface area contributed by atoms with Crippen LogP contribution >= 0.6 is 0 Å². The number of hydrogen-bond donors (Lipinski definition) is 2. The zero-order valence-corrected chi connectivity index (χ0v) is 11.0. The molecule has 3 rings (SSSR count). The smallest absolute Gasteiger partial charge is 0.254 e. The van der Waals surface area contributed by atoms with Gasteiger partial charge in [0.25, 0.3) is 5.91 Å². The van der Waals surface area contributed by atoms with E-state index in [9.17, 15) is 14.7 Å². The first-order valence-electron chi connectivity index (χ1n) is 6.61. The first-order chi connectivity index (χ1) is 9.69. The van der Waals surface area contributed by atoms with E-state index in [-0.39, 0.29) is 24.5 Å². The Bertz CT molecular complexity index is 558. The van der Waals surface area contributed by atoms with Gasteiger partial charge in [0.1, 0.15) is 0 Å².